The number of hydrogen-bond donors (Lipinski definition) is 1. The van der Waals surface area contributed by atoms with Gasteiger partial charge in [-0.25, -0.2) is 0 Å². The van der Waals surface area contributed by atoms with E-state index in [1.165, 1.54) is 11.1 Å². The molecule has 0 saturated heterocycles. The molecule has 0 aliphatic carbocycles. The smallest absolute Gasteiger partial charge is 0.220 e. The number of thiophene rings is 1. The minimum atomic E-state index is 0.102. The van der Waals surface area contributed by atoms with Crippen molar-refractivity contribution in [2.24, 2.45) is 0 Å². The third kappa shape index (κ3) is 4.80. The van der Waals surface area contributed by atoms with Crippen LogP contribution in [-0.4, -0.2) is 5.91 Å². The Labute approximate surface area is 126 Å². The molecule has 100 valence electrons. The number of rotatable bonds is 5. The topological polar surface area (TPSA) is 29.1 Å². The summed E-state index contributed by atoms with van der Waals surface area (Å²) >= 11 is 5.06. The zero-order valence-corrected chi connectivity index (χ0v) is 13.2. The summed E-state index contributed by atoms with van der Waals surface area (Å²) in [5, 5.41) is 2.94. The molecule has 1 amide bonds. The highest BCUT2D eigenvalue weighted by molar-refractivity contribution is 9.11. The standard InChI is InChI=1S/C15H16BrNOS/c1-11-2-4-12(5-3-11)6-9-15(18)17-10-13-7-8-14(16)19-13/h2-5,7-8H,6,9-10H2,1H3,(H,17,18). The van der Waals surface area contributed by atoms with E-state index in [0.717, 1.165) is 15.1 Å². The van der Waals surface area contributed by atoms with Gasteiger partial charge < -0.3 is 5.32 Å². The summed E-state index contributed by atoms with van der Waals surface area (Å²) in [6, 6.07) is 12.3. The highest BCUT2D eigenvalue weighted by atomic mass is 79.9. The maximum atomic E-state index is 11.7. The van der Waals surface area contributed by atoms with Crippen LogP contribution in [0.5, 0.6) is 0 Å². The molecule has 19 heavy (non-hydrogen) atoms. The van der Waals surface area contributed by atoms with Crippen molar-refractivity contribution in [1.82, 2.24) is 5.32 Å². The SMILES string of the molecule is Cc1ccc(CCC(=O)NCc2ccc(Br)s2)cc1. The Bertz CT molecular complexity index is 548. The van der Waals surface area contributed by atoms with Gasteiger partial charge >= 0.3 is 0 Å². The summed E-state index contributed by atoms with van der Waals surface area (Å²) in [5.74, 6) is 0.102. The number of benzene rings is 1. The fourth-order valence-corrected chi connectivity index (χ4v) is 3.16. The van der Waals surface area contributed by atoms with E-state index in [-0.39, 0.29) is 5.91 Å². The molecule has 0 bridgehead atoms. The third-order valence-electron chi connectivity index (χ3n) is 2.85. The van der Waals surface area contributed by atoms with Gasteiger partial charge in [-0.15, -0.1) is 11.3 Å². The second kappa shape index (κ2) is 6.87. The Kier molecular flexibility index (Phi) is 5.16. The average Bonchev–Trinajstić information content (AvgIpc) is 2.81. The van der Waals surface area contributed by atoms with Crippen LogP contribution in [0, 0.1) is 6.92 Å². The number of carbonyl (C=O) groups is 1. The molecule has 0 aliphatic heterocycles. The molecule has 0 aliphatic rings. The Morgan fingerprint density at radius 1 is 1.21 bits per heavy atom. The van der Waals surface area contributed by atoms with Crippen LogP contribution >= 0.6 is 27.3 Å². The van der Waals surface area contributed by atoms with Crippen LogP contribution in [0.4, 0.5) is 0 Å². The average molecular weight is 338 g/mol. The van der Waals surface area contributed by atoms with Gasteiger partial charge in [0.25, 0.3) is 0 Å². The zero-order valence-electron chi connectivity index (χ0n) is 10.8. The van der Waals surface area contributed by atoms with Gasteiger partial charge in [0, 0.05) is 11.3 Å². The van der Waals surface area contributed by atoms with E-state index in [9.17, 15) is 4.79 Å². The largest absolute Gasteiger partial charge is 0.351 e. The van der Waals surface area contributed by atoms with Crippen molar-refractivity contribution in [3.05, 3.63) is 56.2 Å². The first-order chi connectivity index (χ1) is 9.13. The van der Waals surface area contributed by atoms with Gasteiger partial charge in [0.1, 0.15) is 0 Å². The molecule has 0 saturated carbocycles. The lowest BCUT2D eigenvalue weighted by molar-refractivity contribution is -0.121. The molecule has 0 fully saturated rings. The van der Waals surface area contributed by atoms with Crippen molar-refractivity contribution in [3.8, 4) is 0 Å². The van der Waals surface area contributed by atoms with E-state index < -0.39 is 0 Å². The molecule has 0 radical (unpaired) electrons. The van der Waals surface area contributed by atoms with Crippen molar-refractivity contribution < 1.29 is 4.79 Å². The van der Waals surface area contributed by atoms with Crippen LogP contribution in [0.2, 0.25) is 0 Å². The van der Waals surface area contributed by atoms with Crippen LogP contribution in [0.1, 0.15) is 22.4 Å². The lowest BCUT2D eigenvalue weighted by Gasteiger charge is -2.04. The van der Waals surface area contributed by atoms with Crippen LogP contribution in [0.25, 0.3) is 0 Å². The third-order valence-corrected chi connectivity index (χ3v) is 4.47. The van der Waals surface area contributed by atoms with Gasteiger partial charge in [0.2, 0.25) is 5.91 Å². The molecule has 1 aromatic heterocycles. The Balaban J connectivity index is 1.74. The Morgan fingerprint density at radius 2 is 1.95 bits per heavy atom. The minimum absolute atomic E-state index is 0.102. The van der Waals surface area contributed by atoms with E-state index in [1.54, 1.807) is 11.3 Å². The molecule has 2 aromatic rings. The molecule has 1 N–H and O–H groups in total. The number of halogens is 1. The maximum Gasteiger partial charge on any atom is 0.220 e. The van der Waals surface area contributed by atoms with Gasteiger partial charge in [0.05, 0.1) is 10.3 Å². The minimum Gasteiger partial charge on any atom is -0.351 e. The lowest BCUT2D eigenvalue weighted by atomic mass is 10.1. The van der Waals surface area contributed by atoms with Crippen LogP contribution in [0.3, 0.4) is 0 Å². The van der Waals surface area contributed by atoms with Gasteiger partial charge in [-0.1, -0.05) is 29.8 Å². The van der Waals surface area contributed by atoms with Crippen molar-refractivity contribution in [3.63, 3.8) is 0 Å². The van der Waals surface area contributed by atoms with Crippen LogP contribution in [-0.2, 0) is 17.8 Å². The Morgan fingerprint density at radius 3 is 2.58 bits per heavy atom. The quantitative estimate of drug-likeness (QED) is 0.875. The van der Waals surface area contributed by atoms with Crippen LogP contribution in [0.15, 0.2) is 40.2 Å². The molecule has 0 atom stereocenters. The monoisotopic (exact) mass is 337 g/mol. The first kappa shape index (κ1) is 14.3. The van der Waals surface area contributed by atoms with E-state index >= 15 is 0 Å². The fraction of sp³-hybridized carbons (Fsp3) is 0.267. The summed E-state index contributed by atoms with van der Waals surface area (Å²) in [6.45, 7) is 2.68. The highest BCUT2D eigenvalue weighted by Gasteiger charge is 2.03. The Hall–Kier alpha value is -1.13. The summed E-state index contributed by atoms with van der Waals surface area (Å²) in [4.78, 5) is 12.9. The molecule has 1 aromatic carbocycles. The molecule has 4 heteroatoms. The maximum absolute atomic E-state index is 11.7. The fourth-order valence-electron chi connectivity index (χ4n) is 1.73. The van der Waals surface area contributed by atoms with Gasteiger partial charge in [0.15, 0.2) is 0 Å². The molecular formula is C15H16BrNOS. The summed E-state index contributed by atoms with van der Waals surface area (Å²) in [7, 11) is 0. The summed E-state index contributed by atoms with van der Waals surface area (Å²) in [6.07, 6.45) is 1.33. The first-order valence-corrected chi connectivity index (χ1v) is 7.81. The van der Waals surface area contributed by atoms with Crippen molar-refractivity contribution in [1.29, 1.82) is 0 Å². The van der Waals surface area contributed by atoms with Gasteiger partial charge in [-0.3, -0.25) is 4.79 Å². The molecule has 1 heterocycles. The first-order valence-electron chi connectivity index (χ1n) is 6.20. The summed E-state index contributed by atoms with van der Waals surface area (Å²) < 4.78 is 1.09. The molecule has 2 nitrogen and oxygen atoms in total. The number of carbonyl (C=O) groups excluding carboxylic acids is 1. The molecule has 2 rings (SSSR count). The molecular weight excluding hydrogens is 322 g/mol. The van der Waals surface area contributed by atoms with E-state index in [0.29, 0.717) is 13.0 Å². The number of nitrogens with one attached hydrogen (secondary N) is 1. The zero-order chi connectivity index (χ0) is 13.7. The molecule has 0 unspecified atom stereocenters. The van der Waals surface area contributed by atoms with E-state index in [1.807, 2.05) is 12.1 Å². The van der Waals surface area contributed by atoms with Gasteiger partial charge in [-0.05, 0) is 47.0 Å². The normalized spacial score (nSPS) is 10.4. The van der Waals surface area contributed by atoms with Crippen molar-refractivity contribution in [2.45, 2.75) is 26.3 Å². The predicted molar refractivity (Wildman–Crippen MR) is 83.4 cm³/mol. The second-order valence-electron chi connectivity index (χ2n) is 4.47. The highest BCUT2D eigenvalue weighted by Crippen LogP contribution is 2.21. The number of aryl methyl sites for hydroxylation is 2. The second-order valence-corrected chi connectivity index (χ2v) is 7.02. The van der Waals surface area contributed by atoms with Gasteiger partial charge in [-0.2, -0.15) is 0 Å². The summed E-state index contributed by atoms with van der Waals surface area (Å²) in [5.41, 5.74) is 2.45. The van der Waals surface area contributed by atoms with E-state index in [2.05, 4.69) is 52.4 Å². The number of amides is 1. The number of hydrogen-bond acceptors (Lipinski definition) is 2. The predicted octanol–water partition coefficient (Wildman–Crippen LogP) is 4.07. The molecule has 0 spiro atoms. The van der Waals surface area contributed by atoms with Crippen LogP contribution < -0.4 is 5.32 Å². The van der Waals surface area contributed by atoms with Crippen molar-refractivity contribution in [2.75, 3.05) is 0 Å². The van der Waals surface area contributed by atoms with Crippen molar-refractivity contribution >= 4 is 33.2 Å². The lowest BCUT2D eigenvalue weighted by Crippen LogP contribution is -2.22. The van der Waals surface area contributed by atoms with E-state index in [4.69, 9.17) is 0 Å².